The van der Waals surface area contributed by atoms with E-state index in [1.165, 1.54) is 36.3 Å². The minimum Gasteiger partial charge on any atom is -0.369 e. The van der Waals surface area contributed by atoms with Gasteiger partial charge in [0.2, 0.25) is 0 Å². The fourth-order valence-corrected chi connectivity index (χ4v) is 4.17. The number of pyridine rings is 2. The van der Waals surface area contributed by atoms with Crippen LogP contribution in [0.2, 0.25) is 0 Å². The third-order valence-corrected chi connectivity index (χ3v) is 5.92. The number of nitrogens with one attached hydrogen (secondary N) is 2. The third-order valence-electron chi connectivity index (χ3n) is 5.92. The van der Waals surface area contributed by atoms with Crippen molar-refractivity contribution >= 4 is 11.6 Å². The fourth-order valence-electron chi connectivity index (χ4n) is 4.17. The lowest BCUT2D eigenvalue weighted by Gasteiger charge is -2.23. The van der Waals surface area contributed by atoms with Crippen LogP contribution in [0, 0.1) is 5.82 Å². The van der Waals surface area contributed by atoms with E-state index in [1.54, 1.807) is 18.2 Å². The van der Waals surface area contributed by atoms with Crippen molar-refractivity contribution in [2.75, 3.05) is 11.9 Å². The van der Waals surface area contributed by atoms with Crippen LogP contribution in [0.4, 0.5) is 23.2 Å². The van der Waals surface area contributed by atoms with Crippen LogP contribution in [-0.2, 0) is 19.6 Å². The molecule has 0 fully saturated rings. The van der Waals surface area contributed by atoms with Crippen LogP contribution in [0.15, 0.2) is 54.9 Å². The summed E-state index contributed by atoms with van der Waals surface area (Å²) in [5.41, 5.74) is -0.420. The molecule has 5 rings (SSSR count). The van der Waals surface area contributed by atoms with Gasteiger partial charge in [-0.05, 0) is 36.4 Å². The van der Waals surface area contributed by atoms with Crippen LogP contribution in [0.1, 0.15) is 33.4 Å². The zero-order valence-corrected chi connectivity index (χ0v) is 19.3. The van der Waals surface area contributed by atoms with Crippen molar-refractivity contribution in [1.29, 1.82) is 0 Å². The van der Waals surface area contributed by atoms with Gasteiger partial charge in [0, 0.05) is 43.5 Å². The summed E-state index contributed by atoms with van der Waals surface area (Å²) in [5.74, 6) is -1.63. The van der Waals surface area contributed by atoms with Gasteiger partial charge in [0.15, 0.2) is 6.23 Å². The summed E-state index contributed by atoms with van der Waals surface area (Å²) in [5, 5.41) is 20.4. The first-order chi connectivity index (χ1) is 17.6. The lowest BCUT2D eigenvalue weighted by Crippen LogP contribution is -2.32. The summed E-state index contributed by atoms with van der Waals surface area (Å²) in [6.45, 7) is 0.406. The number of hydrogen-bond acceptors (Lipinski definition) is 6. The number of amides is 1. The van der Waals surface area contributed by atoms with E-state index in [0.29, 0.717) is 36.1 Å². The summed E-state index contributed by atoms with van der Waals surface area (Å²) >= 11 is 0. The van der Waals surface area contributed by atoms with Crippen LogP contribution in [0.3, 0.4) is 0 Å². The standard InChI is InChI=1S/C25H20F4N6O2/c1-35-9-6-19(34-35)13-10-14(17(26)12-16(13)25(27,28)29)24(37)33-21-11-15-18(5-8-31-23(15)36)32-22(21)20-4-2-3-7-30-20/h2-4,6-7,9-12,24,33,37H,5,8H2,1H3,(H,31,36). The molecule has 1 aliphatic rings. The fraction of sp³-hybridized carbons (Fsp3) is 0.200. The first kappa shape index (κ1) is 24.4. The summed E-state index contributed by atoms with van der Waals surface area (Å²) in [4.78, 5) is 21.2. The van der Waals surface area contributed by atoms with Gasteiger partial charge in [0.1, 0.15) is 11.5 Å². The van der Waals surface area contributed by atoms with Crippen molar-refractivity contribution in [1.82, 2.24) is 25.1 Å². The number of aliphatic hydroxyl groups is 1. The van der Waals surface area contributed by atoms with E-state index >= 15 is 0 Å². The maximum atomic E-state index is 15.0. The van der Waals surface area contributed by atoms with Gasteiger partial charge in [-0.1, -0.05) is 6.07 Å². The molecular weight excluding hydrogens is 492 g/mol. The molecule has 190 valence electrons. The number of halogens is 4. The van der Waals surface area contributed by atoms with Crippen LogP contribution < -0.4 is 10.6 Å². The van der Waals surface area contributed by atoms with Gasteiger partial charge in [-0.2, -0.15) is 18.3 Å². The van der Waals surface area contributed by atoms with Gasteiger partial charge in [-0.25, -0.2) is 9.37 Å². The number of hydrogen-bond donors (Lipinski definition) is 3. The number of aromatic nitrogens is 4. The molecule has 1 atom stereocenters. The van der Waals surface area contributed by atoms with Gasteiger partial charge in [0.25, 0.3) is 5.91 Å². The van der Waals surface area contributed by atoms with Gasteiger partial charge >= 0.3 is 6.18 Å². The van der Waals surface area contributed by atoms with Crippen molar-refractivity contribution in [3.05, 3.63) is 83.1 Å². The summed E-state index contributed by atoms with van der Waals surface area (Å²) in [6.07, 6.45) is -3.18. The van der Waals surface area contributed by atoms with Crippen molar-refractivity contribution in [2.45, 2.75) is 18.8 Å². The zero-order chi connectivity index (χ0) is 26.3. The molecule has 12 heteroatoms. The van der Waals surface area contributed by atoms with Gasteiger partial charge in [-0.15, -0.1) is 0 Å². The maximum Gasteiger partial charge on any atom is 0.417 e. The first-order valence-corrected chi connectivity index (χ1v) is 11.2. The second-order valence-corrected chi connectivity index (χ2v) is 8.44. The molecule has 0 aliphatic carbocycles. The predicted octanol–water partition coefficient (Wildman–Crippen LogP) is 4.09. The monoisotopic (exact) mass is 512 g/mol. The maximum absolute atomic E-state index is 15.0. The Bertz CT molecular complexity index is 1490. The van der Waals surface area contributed by atoms with Crippen molar-refractivity contribution in [3.63, 3.8) is 0 Å². The van der Waals surface area contributed by atoms with E-state index < -0.39 is 34.9 Å². The highest BCUT2D eigenvalue weighted by atomic mass is 19.4. The minimum atomic E-state index is -4.85. The van der Waals surface area contributed by atoms with Crippen LogP contribution in [0.5, 0.6) is 0 Å². The second kappa shape index (κ2) is 9.28. The second-order valence-electron chi connectivity index (χ2n) is 8.44. The average Bonchev–Trinajstić information content (AvgIpc) is 3.30. The van der Waals surface area contributed by atoms with Gasteiger partial charge in [0.05, 0.1) is 33.9 Å². The first-order valence-electron chi connectivity index (χ1n) is 11.2. The van der Waals surface area contributed by atoms with Crippen molar-refractivity contribution in [3.8, 4) is 22.6 Å². The third kappa shape index (κ3) is 4.75. The number of carbonyl (C=O) groups excluding carboxylic acids is 1. The normalized spacial score (nSPS) is 14.2. The number of benzene rings is 1. The molecule has 0 saturated heterocycles. The lowest BCUT2D eigenvalue weighted by molar-refractivity contribution is -0.137. The summed E-state index contributed by atoms with van der Waals surface area (Å²) in [6, 6.07) is 9.18. The van der Waals surface area contributed by atoms with E-state index in [0.717, 1.165) is 6.07 Å². The number of nitrogens with zero attached hydrogens (tertiary/aromatic N) is 4. The predicted molar refractivity (Wildman–Crippen MR) is 126 cm³/mol. The number of aryl methyl sites for hydroxylation is 1. The zero-order valence-electron chi connectivity index (χ0n) is 19.3. The van der Waals surface area contributed by atoms with E-state index in [1.807, 2.05) is 0 Å². The SMILES string of the molecule is Cn1ccc(-c2cc(C(O)Nc3cc4c(nc3-c3ccccn3)CCNC4=O)c(F)cc2C(F)(F)F)n1. The van der Waals surface area contributed by atoms with Crippen molar-refractivity contribution < 1.29 is 27.5 Å². The number of rotatable bonds is 5. The molecule has 0 spiro atoms. The van der Waals surface area contributed by atoms with E-state index in [2.05, 4.69) is 25.7 Å². The molecule has 4 heterocycles. The van der Waals surface area contributed by atoms with Crippen molar-refractivity contribution in [2.24, 2.45) is 7.05 Å². The Kier molecular flexibility index (Phi) is 6.12. The number of anilines is 1. The molecule has 4 aromatic rings. The number of aliphatic hydroxyl groups excluding tert-OH is 1. The minimum absolute atomic E-state index is 0.0374. The molecule has 3 N–H and O–H groups in total. The Labute approximate surface area is 208 Å². The molecule has 1 amide bonds. The molecule has 0 saturated carbocycles. The average molecular weight is 512 g/mol. The lowest BCUT2D eigenvalue weighted by atomic mass is 9.99. The molecule has 0 bridgehead atoms. The summed E-state index contributed by atoms with van der Waals surface area (Å²) in [7, 11) is 1.54. The van der Waals surface area contributed by atoms with Gasteiger partial charge in [-0.3, -0.25) is 14.5 Å². The number of fused-ring (bicyclic) bond motifs is 1. The number of alkyl halides is 3. The van der Waals surface area contributed by atoms with E-state index in [9.17, 15) is 27.5 Å². The topological polar surface area (TPSA) is 105 Å². The quantitative estimate of drug-likeness (QED) is 0.275. The summed E-state index contributed by atoms with van der Waals surface area (Å²) < 4.78 is 57.4. The Balaban J connectivity index is 1.60. The van der Waals surface area contributed by atoms with Crippen LogP contribution in [0.25, 0.3) is 22.6 Å². The van der Waals surface area contributed by atoms with E-state index in [-0.39, 0.29) is 22.9 Å². The molecule has 1 aliphatic heterocycles. The molecular formula is C25H20F4N6O2. The highest BCUT2D eigenvalue weighted by Gasteiger charge is 2.36. The number of carbonyl (C=O) groups is 1. The molecule has 37 heavy (non-hydrogen) atoms. The molecule has 3 aromatic heterocycles. The Morgan fingerprint density at radius 2 is 1.95 bits per heavy atom. The van der Waals surface area contributed by atoms with E-state index in [4.69, 9.17) is 0 Å². The molecule has 1 unspecified atom stereocenters. The van der Waals surface area contributed by atoms with Crippen LogP contribution >= 0.6 is 0 Å². The van der Waals surface area contributed by atoms with Crippen LogP contribution in [-0.4, -0.2) is 37.3 Å². The molecule has 0 radical (unpaired) electrons. The Morgan fingerprint density at radius 3 is 2.62 bits per heavy atom. The highest BCUT2D eigenvalue weighted by Crippen LogP contribution is 2.39. The molecule has 8 nitrogen and oxygen atoms in total. The van der Waals surface area contributed by atoms with Gasteiger partial charge < -0.3 is 15.7 Å². The Morgan fingerprint density at radius 1 is 1.14 bits per heavy atom. The smallest absolute Gasteiger partial charge is 0.369 e. The highest BCUT2D eigenvalue weighted by molar-refractivity contribution is 5.98. The Hall–Kier alpha value is -4.32. The largest absolute Gasteiger partial charge is 0.417 e. The molecule has 1 aromatic carbocycles.